The van der Waals surface area contributed by atoms with Crippen molar-refractivity contribution in [1.29, 1.82) is 0 Å². The van der Waals surface area contributed by atoms with Crippen molar-refractivity contribution in [3.63, 3.8) is 0 Å². The largest absolute Gasteiger partial charge is 0.396 e. The predicted molar refractivity (Wildman–Crippen MR) is 104 cm³/mol. The third-order valence-electron chi connectivity index (χ3n) is 4.74. The van der Waals surface area contributed by atoms with Crippen LogP contribution in [0.15, 0.2) is 42.6 Å². The van der Waals surface area contributed by atoms with Crippen LogP contribution in [0.4, 0.5) is 0 Å². The number of amides is 1. The van der Waals surface area contributed by atoms with Crippen LogP contribution in [0.2, 0.25) is 0 Å². The first-order valence-electron chi connectivity index (χ1n) is 8.98. The Hall–Kier alpha value is -1.89. The fraction of sp³-hybridized carbons (Fsp3) is 0.474. The molecule has 1 aromatic carbocycles. The van der Waals surface area contributed by atoms with Crippen LogP contribution in [-0.2, 0) is 0 Å². The Morgan fingerprint density at radius 3 is 2.85 bits per heavy atom. The molecule has 0 saturated carbocycles. The van der Waals surface area contributed by atoms with Crippen molar-refractivity contribution in [2.45, 2.75) is 31.2 Å². The zero-order chi connectivity index (χ0) is 17.5. The summed E-state index contributed by atoms with van der Waals surface area (Å²) in [4.78, 5) is 12.4. The fourth-order valence-corrected chi connectivity index (χ4v) is 3.30. The molecule has 0 spiro atoms. The molecule has 2 atom stereocenters. The number of benzene rings is 1. The summed E-state index contributed by atoms with van der Waals surface area (Å²) in [6.45, 7) is 2.53. The SMILES string of the molecule is Cl.O=C(NCC(CCO)c1ccccc1)c1ccn(C2CCCNC2)n1. The van der Waals surface area contributed by atoms with Crippen molar-refractivity contribution in [2.24, 2.45) is 0 Å². The van der Waals surface area contributed by atoms with Gasteiger partial charge in [-0.3, -0.25) is 9.48 Å². The van der Waals surface area contributed by atoms with Crippen molar-refractivity contribution in [3.8, 4) is 0 Å². The van der Waals surface area contributed by atoms with Crippen LogP contribution in [0, 0.1) is 0 Å². The van der Waals surface area contributed by atoms with Crippen LogP contribution in [0.25, 0.3) is 0 Å². The molecule has 1 aliphatic rings. The number of hydrogen-bond acceptors (Lipinski definition) is 4. The van der Waals surface area contributed by atoms with Gasteiger partial charge in [-0.05, 0) is 37.4 Å². The average Bonchev–Trinajstić information content (AvgIpc) is 3.16. The van der Waals surface area contributed by atoms with E-state index in [1.165, 1.54) is 0 Å². The first kappa shape index (κ1) is 20.4. The first-order chi connectivity index (χ1) is 12.3. The number of rotatable bonds is 7. The number of aliphatic hydroxyl groups excluding tert-OH is 1. The molecule has 1 aromatic heterocycles. The summed E-state index contributed by atoms with van der Waals surface area (Å²) in [5, 5.41) is 20.1. The lowest BCUT2D eigenvalue weighted by Gasteiger charge is -2.22. The number of aliphatic hydroxyl groups is 1. The number of nitrogens with one attached hydrogen (secondary N) is 2. The van der Waals surface area contributed by atoms with Gasteiger partial charge in [-0.2, -0.15) is 5.10 Å². The van der Waals surface area contributed by atoms with E-state index < -0.39 is 0 Å². The highest BCUT2D eigenvalue weighted by Gasteiger charge is 2.18. The maximum absolute atomic E-state index is 12.4. The lowest BCUT2D eigenvalue weighted by molar-refractivity contribution is 0.0943. The van der Waals surface area contributed by atoms with Crippen LogP contribution in [0.1, 0.15) is 47.3 Å². The highest BCUT2D eigenvalue weighted by atomic mass is 35.5. The van der Waals surface area contributed by atoms with Gasteiger partial charge in [0, 0.05) is 31.8 Å². The summed E-state index contributed by atoms with van der Waals surface area (Å²) < 4.78 is 1.89. The van der Waals surface area contributed by atoms with Crippen LogP contribution in [0.3, 0.4) is 0 Å². The molecule has 3 rings (SSSR count). The Morgan fingerprint density at radius 2 is 2.15 bits per heavy atom. The Bertz CT molecular complexity index is 671. The average molecular weight is 379 g/mol. The Kier molecular flexibility index (Phi) is 8.09. The molecular weight excluding hydrogens is 352 g/mol. The normalized spacial score (nSPS) is 18.0. The summed E-state index contributed by atoms with van der Waals surface area (Å²) >= 11 is 0. The fourth-order valence-electron chi connectivity index (χ4n) is 3.30. The number of aromatic nitrogens is 2. The van der Waals surface area contributed by atoms with Gasteiger partial charge in [0.1, 0.15) is 5.69 Å². The maximum Gasteiger partial charge on any atom is 0.271 e. The molecule has 26 heavy (non-hydrogen) atoms. The van der Waals surface area contributed by atoms with Crippen molar-refractivity contribution >= 4 is 18.3 Å². The molecule has 1 aliphatic heterocycles. The number of piperidine rings is 1. The van der Waals surface area contributed by atoms with Gasteiger partial charge in [0.15, 0.2) is 0 Å². The van der Waals surface area contributed by atoms with E-state index in [4.69, 9.17) is 0 Å². The van der Waals surface area contributed by atoms with Crippen LogP contribution >= 0.6 is 12.4 Å². The van der Waals surface area contributed by atoms with Gasteiger partial charge in [0.25, 0.3) is 5.91 Å². The molecule has 0 bridgehead atoms. The first-order valence-corrected chi connectivity index (χ1v) is 8.98. The van der Waals surface area contributed by atoms with E-state index in [0.29, 0.717) is 24.7 Å². The third-order valence-corrected chi connectivity index (χ3v) is 4.74. The zero-order valence-electron chi connectivity index (χ0n) is 14.8. The smallest absolute Gasteiger partial charge is 0.271 e. The lowest BCUT2D eigenvalue weighted by Crippen LogP contribution is -2.32. The van der Waals surface area contributed by atoms with Crippen LogP contribution in [-0.4, -0.2) is 47.0 Å². The van der Waals surface area contributed by atoms with Crippen molar-refractivity contribution < 1.29 is 9.90 Å². The Morgan fingerprint density at radius 1 is 1.35 bits per heavy atom. The van der Waals surface area contributed by atoms with Gasteiger partial charge in [0.2, 0.25) is 0 Å². The maximum atomic E-state index is 12.4. The van der Waals surface area contributed by atoms with Gasteiger partial charge >= 0.3 is 0 Å². The second kappa shape index (κ2) is 10.3. The highest BCUT2D eigenvalue weighted by molar-refractivity contribution is 5.92. The highest BCUT2D eigenvalue weighted by Crippen LogP contribution is 2.19. The van der Waals surface area contributed by atoms with Gasteiger partial charge in [0.05, 0.1) is 6.04 Å². The molecule has 3 N–H and O–H groups in total. The van der Waals surface area contributed by atoms with Gasteiger partial charge in [-0.1, -0.05) is 30.3 Å². The minimum absolute atomic E-state index is 0. The van der Waals surface area contributed by atoms with E-state index in [1.54, 1.807) is 6.07 Å². The third kappa shape index (κ3) is 5.30. The second-order valence-corrected chi connectivity index (χ2v) is 6.51. The molecule has 2 aromatic rings. The Labute approximate surface area is 160 Å². The molecule has 2 heterocycles. The summed E-state index contributed by atoms with van der Waals surface area (Å²) in [6.07, 6.45) is 4.72. The molecule has 142 valence electrons. The minimum Gasteiger partial charge on any atom is -0.396 e. The van der Waals surface area contributed by atoms with Gasteiger partial charge in [-0.15, -0.1) is 12.4 Å². The number of nitrogens with zero attached hydrogens (tertiary/aromatic N) is 2. The number of carbonyl (C=O) groups is 1. The second-order valence-electron chi connectivity index (χ2n) is 6.51. The molecule has 0 radical (unpaired) electrons. The lowest BCUT2D eigenvalue weighted by atomic mass is 9.96. The molecular formula is C19H27ClN4O2. The van der Waals surface area contributed by atoms with E-state index in [2.05, 4.69) is 15.7 Å². The molecule has 2 unspecified atom stereocenters. The van der Waals surface area contributed by atoms with E-state index in [1.807, 2.05) is 41.2 Å². The summed E-state index contributed by atoms with van der Waals surface area (Å²) in [5.41, 5.74) is 1.57. The molecule has 1 fully saturated rings. The van der Waals surface area contributed by atoms with E-state index in [-0.39, 0.29) is 30.8 Å². The summed E-state index contributed by atoms with van der Waals surface area (Å²) in [7, 11) is 0. The van der Waals surface area contributed by atoms with E-state index >= 15 is 0 Å². The number of halogens is 1. The molecule has 1 saturated heterocycles. The monoisotopic (exact) mass is 378 g/mol. The van der Waals surface area contributed by atoms with Crippen molar-refractivity contribution in [3.05, 3.63) is 53.9 Å². The quantitative estimate of drug-likeness (QED) is 0.689. The predicted octanol–water partition coefficient (Wildman–Crippen LogP) is 2.13. The zero-order valence-corrected chi connectivity index (χ0v) is 15.6. The van der Waals surface area contributed by atoms with Crippen LogP contribution in [0.5, 0.6) is 0 Å². The number of hydrogen-bond donors (Lipinski definition) is 3. The minimum atomic E-state index is -0.165. The Balaban J connectivity index is 0.00000243. The van der Waals surface area contributed by atoms with E-state index in [0.717, 1.165) is 31.5 Å². The van der Waals surface area contributed by atoms with Gasteiger partial charge in [-0.25, -0.2) is 0 Å². The molecule has 6 nitrogen and oxygen atoms in total. The molecule has 7 heteroatoms. The summed E-state index contributed by atoms with van der Waals surface area (Å²) in [5.74, 6) is -0.0684. The van der Waals surface area contributed by atoms with Crippen molar-refractivity contribution in [1.82, 2.24) is 20.4 Å². The number of carbonyl (C=O) groups excluding carboxylic acids is 1. The molecule has 1 amide bonds. The van der Waals surface area contributed by atoms with E-state index in [9.17, 15) is 9.90 Å². The van der Waals surface area contributed by atoms with Crippen LogP contribution < -0.4 is 10.6 Å². The standard InChI is InChI=1S/C19H26N4O2.ClH/c24-12-9-16(15-5-2-1-3-6-15)13-21-19(25)18-8-11-23(22-18)17-7-4-10-20-14-17;/h1-3,5-6,8,11,16-17,20,24H,4,7,9-10,12-14H2,(H,21,25);1H. The topological polar surface area (TPSA) is 79.2 Å². The molecule has 0 aliphatic carbocycles. The van der Waals surface area contributed by atoms with Gasteiger partial charge < -0.3 is 15.7 Å². The summed E-state index contributed by atoms with van der Waals surface area (Å²) in [6, 6.07) is 12.1. The van der Waals surface area contributed by atoms with Crippen molar-refractivity contribution in [2.75, 3.05) is 26.2 Å².